The lowest BCUT2D eigenvalue weighted by atomic mass is 9.75. The number of allylic oxidation sites excluding steroid dienone is 3. The molecule has 5 saturated carbocycles. The summed E-state index contributed by atoms with van der Waals surface area (Å²) >= 11 is 0. The molecule has 0 atom stereocenters. The molecule has 7 aliphatic carbocycles. The Hall–Kier alpha value is -2.48. The van der Waals surface area contributed by atoms with E-state index in [9.17, 15) is 0 Å². The molecule has 0 amide bonds. The number of fused-ring (bicyclic) bond motifs is 2. The van der Waals surface area contributed by atoms with Crippen LogP contribution in [-0.2, 0) is 25.7 Å². The molecule has 0 unspecified atom stereocenters. The van der Waals surface area contributed by atoms with E-state index in [0.29, 0.717) is 6.04 Å². The molecule has 0 bridgehead atoms. The van der Waals surface area contributed by atoms with Crippen molar-refractivity contribution < 1.29 is 0 Å². The summed E-state index contributed by atoms with van der Waals surface area (Å²) in [5.74, 6) is 2.42. The van der Waals surface area contributed by atoms with E-state index in [2.05, 4.69) is 64.4 Å². The van der Waals surface area contributed by atoms with Crippen molar-refractivity contribution in [3.63, 3.8) is 0 Å². The Bertz CT molecular complexity index is 1550. The van der Waals surface area contributed by atoms with Gasteiger partial charge in [0.2, 0.25) is 0 Å². The van der Waals surface area contributed by atoms with Gasteiger partial charge in [-0.3, -0.25) is 0 Å². The lowest BCUT2D eigenvalue weighted by Gasteiger charge is -2.50. The third-order valence-corrected chi connectivity index (χ3v) is 16.5. The van der Waals surface area contributed by atoms with Crippen LogP contribution in [0.5, 0.6) is 0 Å². The first-order valence-electron chi connectivity index (χ1n) is 25.0. The second kappa shape index (κ2) is 19.1. The molecule has 7 aliphatic rings. The van der Waals surface area contributed by atoms with Crippen molar-refractivity contribution in [3.05, 3.63) is 76.4 Å². The molecule has 304 valence electrons. The molecule has 56 heavy (non-hydrogen) atoms. The molecular formula is C54H78N2. The topological polar surface area (TPSA) is 6.48 Å². The fourth-order valence-electron chi connectivity index (χ4n) is 13.5. The molecular weight excluding hydrogens is 677 g/mol. The fourth-order valence-corrected chi connectivity index (χ4v) is 13.5. The third-order valence-electron chi connectivity index (χ3n) is 16.5. The van der Waals surface area contributed by atoms with Gasteiger partial charge >= 0.3 is 0 Å². The van der Waals surface area contributed by atoms with Gasteiger partial charge < -0.3 is 9.80 Å². The number of benzene rings is 2. The van der Waals surface area contributed by atoms with E-state index >= 15 is 0 Å². The van der Waals surface area contributed by atoms with E-state index in [4.69, 9.17) is 0 Å². The normalized spacial score (nSPS) is 28.6. The van der Waals surface area contributed by atoms with Gasteiger partial charge in [0.1, 0.15) is 0 Å². The van der Waals surface area contributed by atoms with Crippen molar-refractivity contribution in [2.45, 2.75) is 223 Å². The molecule has 5 fully saturated rings. The minimum Gasteiger partial charge on any atom is -0.365 e. The molecule has 2 aromatic rings. The van der Waals surface area contributed by atoms with Crippen molar-refractivity contribution in [1.29, 1.82) is 0 Å². The molecule has 0 heterocycles. The predicted octanol–water partition coefficient (Wildman–Crippen LogP) is 14.7. The first-order valence-corrected chi connectivity index (χ1v) is 25.0. The minimum absolute atomic E-state index is 0.716. The van der Waals surface area contributed by atoms with Crippen LogP contribution in [-0.4, -0.2) is 24.2 Å². The lowest BCUT2D eigenvalue weighted by Crippen LogP contribution is -2.49. The highest BCUT2D eigenvalue weighted by Gasteiger charge is 2.40. The van der Waals surface area contributed by atoms with E-state index in [1.165, 1.54) is 205 Å². The summed E-state index contributed by atoms with van der Waals surface area (Å²) in [6, 6.07) is 14.0. The minimum atomic E-state index is 0.716. The Morgan fingerprint density at radius 1 is 0.339 bits per heavy atom. The van der Waals surface area contributed by atoms with E-state index in [1.807, 2.05) is 33.6 Å². The lowest BCUT2D eigenvalue weighted by molar-refractivity contribution is 0.309. The maximum Gasteiger partial charge on any atom is 0.0443 e. The summed E-state index contributed by atoms with van der Waals surface area (Å²) < 4.78 is 0. The van der Waals surface area contributed by atoms with E-state index in [1.54, 1.807) is 0 Å². The number of hydrogen-bond donors (Lipinski definition) is 0. The van der Waals surface area contributed by atoms with Crippen molar-refractivity contribution in [1.82, 2.24) is 0 Å². The number of anilines is 2. The van der Waals surface area contributed by atoms with Crippen LogP contribution in [0.3, 0.4) is 0 Å². The zero-order valence-electron chi connectivity index (χ0n) is 35.6. The summed E-state index contributed by atoms with van der Waals surface area (Å²) in [7, 11) is 0. The van der Waals surface area contributed by atoms with Gasteiger partial charge in [0.05, 0.1) is 0 Å². The van der Waals surface area contributed by atoms with Crippen molar-refractivity contribution >= 4 is 17.5 Å². The maximum absolute atomic E-state index is 3.24. The monoisotopic (exact) mass is 755 g/mol. The van der Waals surface area contributed by atoms with Crippen LogP contribution in [0.15, 0.2) is 48.6 Å². The van der Waals surface area contributed by atoms with Crippen molar-refractivity contribution in [2.75, 3.05) is 9.80 Å². The zero-order chi connectivity index (χ0) is 37.5. The Balaban J connectivity index is 1.05. The largest absolute Gasteiger partial charge is 0.365 e. The van der Waals surface area contributed by atoms with Gasteiger partial charge in [0.15, 0.2) is 0 Å². The van der Waals surface area contributed by atoms with Gasteiger partial charge in [-0.05, 0) is 187 Å². The van der Waals surface area contributed by atoms with Gasteiger partial charge in [-0.25, -0.2) is 0 Å². The van der Waals surface area contributed by atoms with Gasteiger partial charge in [-0.1, -0.05) is 112 Å². The molecule has 2 heteroatoms. The quantitative estimate of drug-likeness (QED) is 0.176. The summed E-state index contributed by atoms with van der Waals surface area (Å²) in [4.78, 5) is 6.47. The van der Waals surface area contributed by atoms with Crippen LogP contribution in [0.4, 0.5) is 11.4 Å². The first kappa shape index (κ1) is 39.0. The fraction of sp³-hybridized carbons (Fsp3) is 0.704. The van der Waals surface area contributed by atoms with Crippen LogP contribution in [0.1, 0.15) is 201 Å². The summed E-state index contributed by atoms with van der Waals surface area (Å²) in [5.41, 5.74) is 12.5. The average molecular weight is 755 g/mol. The van der Waals surface area contributed by atoms with Crippen molar-refractivity contribution in [3.8, 4) is 0 Å². The predicted molar refractivity (Wildman–Crippen MR) is 241 cm³/mol. The smallest absolute Gasteiger partial charge is 0.0443 e. The highest BCUT2D eigenvalue weighted by atomic mass is 15.2. The molecule has 2 aromatic carbocycles. The van der Waals surface area contributed by atoms with Crippen LogP contribution in [0.25, 0.3) is 6.08 Å². The molecule has 9 rings (SSSR count). The summed E-state index contributed by atoms with van der Waals surface area (Å²) in [6.07, 6.45) is 54.1. The van der Waals surface area contributed by atoms with Gasteiger partial charge in [-0.2, -0.15) is 0 Å². The Labute approximate surface area is 343 Å². The zero-order valence-corrected chi connectivity index (χ0v) is 35.6. The second-order valence-corrected chi connectivity index (χ2v) is 20.1. The Morgan fingerprint density at radius 3 is 1.12 bits per heavy atom. The van der Waals surface area contributed by atoms with Crippen LogP contribution in [0.2, 0.25) is 0 Å². The van der Waals surface area contributed by atoms with Gasteiger partial charge in [-0.15, -0.1) is 0 Å². The van der Waals surface area contributed by atoms with Crippen LogP contribution < -0.4 is 9.80 Å². The molecule has 2 nitrogen and oxygen atoms in total. The maximum atomic E-state index is 3.24. The molecule has 0 radical (unpaired) electrons. The molecule has 0 aromatic heterocycles. The van der Waals surface area contributed by atoms with Crippen LogP contribution in [0, 0.1) is 17.8 Å². The van der Waals surface area contributed by atoms with Crippen LogP contribution >= 0.6 is 0 Å². The van der Waals surface area contributed by atoms with Gasteiger partial charge in [0, 0.05) is 35.5 Å². The average Bonchev–Trinajstić information content (AvgIpc) is 3.28. The van der Waals surface area contributed by atoms with Crippen molar-refractivity contribution in [2.24, 2.45) is 17.8 Å². The molecule has 0 saturated heterocycles. The van der Waals surface area contributed by atoms with E-state index < -0.39 is 0 Å². The van der Waals surface area contributed by atoms with E-state index in [0.717, 1.165) is 35.9 Å². The number of rotatable bonds is 10. The number of nitrogens with zero attached hydrogens (tertiary/aromatic N) is 2. The molecule has 0 spiro atoms. The Kier molecular flexibility index (Phi) is 13.3. The SMILES string of the molecule is C(=C\C1CCC(N(c2c3c(c(N(C4CCCCC4)C4CCC(/C=C/C5CCCCC5)CC4)c4c2CCCC4)CCCC3)C2CCCCC2)CC1)/c1ccccc1. The van der Waals surface area contributed by atoms with Gasteiger partial charge in [0.25, 0.3) is 0 Å². The van der Waals surface area contributed by atoms with E-state index in [-0.39, 0.29) is 0 Å². The first-order chi connectivity index (χ1) is 27.8. The summed E-state index contributed by atoms with van der Waals surface area (Å²) in [5, 5.41) is 0. The summed E-state index contributed by atoms with van der Waals surface area (Å²) in [6.45, 7) is 0. The highest BCUT2D eigenvalue weighted by molar-refractivity contribution is 5.78. The highest BCUT2D eigenvalue weighted by Crippen LogP contribution is 2.51. The standard InChI is InChI=1S/C54H78N2/c1-5-17-41(18-6-1)29-31-43-33-37-47(38-34-43)55(45-21-9-3-10-22-45)53-49-25-13-15-27-51(49)54(52-28-16-14-26-50(52)53)56(46-23-11-4-12-24-46)48-39-35-44(36-40-48)32-30-42-19-7-2-8-20-42/h1,5-6,17-18,29-32,42-48H,2-4,7-16,19-28,33-40H2/b31-29+,32-30+. The Morgan fingerprint density at radius 2 is 0.696 bits per heavy atom. The molecule has 0 aliphatic heterocycles. The number of hydrogen-bond acceptors (Lipinski definition) is 2. The second-order valence-electron chi connectivity index (χ2n) is 20.1. The third kappa shape index (κ3) is 8.90. The molecule has 0 N–H and O–H groups in total.